The van der Waals surface area contributed by atoms with Crippen molar-refractivity contribution in [2.45, 2.75) is 30.2 Å². The largest absolute Gasteiger partial charge is 0.477 e. The van der Waals surface area contributed by atoms with Gasteiger partial charge in [0.1, 0.15) is 10.6 Å². The van der Waals surface area contributed by atoms with E-state index in [1.807, 2.05) is 30.3 Å². The SMILES string of the molecule is O=C(O)c1cc(S(=O)(=O)NC(CC2CC2)c2ccccc2)c[nH]1. The summed E-state index contributed by atoms with van der Waals surface area (Å²) in [6.07, 6.45) is 4.20. The molecule has 1 aliphatic carbocycles. The maximum Gasteiger partial charge on any atom is 0.352 e. The summed E-state index contributed by atoms with van der Waals surface area (Å²) in [6, 6.07) is 10.3. The van der Waals surface area contributed by atoms with Gasteiger partial charge in [-0.1, -0.05) is 43.2 Å². The highest BCUT2D eigenvalue weighted by Gasteiger charge is 2.30. The first-order valence-electron chi connectivity index (χ1n) is 7.45. The van der Waals surface area contributed by atoms with Crippen molar-refractivity contribution in [3.63, 3.8) is 0 Å². The van der Waals surface area contributed by atoms with E-state index in [9.17, 15) is 13.2 Å². The van der Waals surface area contributed by atoms with Crippen molar-refractivity contribution in [3.8, 4) is 0 Å². The van der Waals surface area contributed by atoms with Crippen molar-refractivity contribution in [2.75, 3.05) is 0 Å². The van der Waals surface area contributed by atoms with E-state index in [0.717, 1.165) is 30.9 Å². The molecule has 0 aliphatic heterocycles. The lowest BCUT2D eigenvalue weighted by atomic mass is 10.0. The molecule has 1 heterocycles. The number of hydrogen-bond donors (Lipinski definition) is 3. The van der Waals surface area contributed by atoms with Gasteiger partial charge in [-0.15, -0.1) is 0 Å². The predicted molar refractivity (Wildman–Crippen MR) is 84.6 cm³/mol. The van der Waals surface area contributed by atoms with Gasteiger partial charge in [-0.3, -0.25) is 0 Å². The Morgan fingerprint density at radius 3 is 2.57 bits per heavy atom. The van der Waals surface area contributed by atoms with Crippen molar-refractivity contribution >= 4 is 16.0 Å². The quantitative estimate of drug-likeness (QED) is 0.724. The van der Waals surface area contributed by atoms with E-state index in [0.29, 0.717) is 5.92 Å². The Morgan fingerprint density at radius 2 is 2.00 bits per heavy atom. The van der Waals surface area contributed by atoms with E-state index >= 15 is 0 Å². The number of hydrogen-bond acceptors (Lipinski definition) is 3. The fraction of sp³-hybridized carbons (Fsp3) is 0.312. The number of aromatic carboxylic acids is 1. The smallest absolute Gasteiger partial charge is 0.352 e. The van der Waals surface area contributed by atoms with Gasteiger partial charge >= 0.3 is 5.97 Å². The number of nitrogens with one attached hydrogen (secondary N) is 2. The zero-order valence-corrected chi connectivity index (χ0v) is 13.2. The van der Waals surface area contributed by atoms with E-state index in [-0.39, 0.29) is 16.6 Å². The topological polar surface area (TPSA) is 99.3 Å². The summed E-state index contributed by atoms with van der Waals surface area (Å²) in [6.45, 7) is 0. The van der Waals surface area contributed by atoms with Crippen LogP contribution in [0.5, 0.6) is 0 Å². The van der Waals surface area contributed by atoms with Crippen LogP contribution < -0.4 is 4.72 Å². The molecule has 7 heteroatoms. The van der Waals surface area contributed by atoms with Crippen LogP contribution >= 0.6 is 0 Å². The minimum Gasteiger partial charge on any atom is -0.477 e. The molecule has 1 aromatic heterocycles. The van der Waals surface area contributed by atoms with Crippen molar-refractivity contribution in [1.82, 2.24) is 9.71 Å². The van der Waals surface area contributed by atoms with E-state index in [2.05, 4.69) is 9.71 Å². The minimum absolute atomic E-state index is 0.0633. The van der Waals surface area contributed by atoms with Gasteiger partial charge in [0.25, 0.3) is 0 Å². The molecule has 1 saturated carbocycles. The second-order valence-electron chi connectivity index (χ2n) is 5.82. The molecule has 1 aromatic carbocycles. The summed E-state index contributed by atoms with van der Waals surface area (Å²) in [5, 5.41) is 8.90. The van der Waals surface area contributed by atoms with Crippen molar-refractivity contribution < 1.29 is 18.3 Å². The third-order valence-electron chi connectivity index (χ3n) is 3.96. The summed E-state index contributed by atoms with van der Waals surface area (Å²) < 4.78 is 27.8. The number of carbonyl (C=O) groups is 1. The molecule has 0 bridgehead atoms. The van der Waals surface area contributed by atoms with Crippen LogP contribution in [0, 0.1) is 5.92 Å². The Morgan fingerprint density at radius 1 is 1.30 bits per heavy atom. The van der Waals surface area contributed by atoms with Crippen LogP contribution in [0.15, 0.2) is 47.5 Å². The first kappa shape index (κ1) is 15.8. The highest BCUT2D eigenvalue weighted by atomic mass is 32.2. The number of H-pyrrole nitrogens is 1. The fourth-order valence-electron chi connectivity index (χ4n) is 2.53. The van der Waals surface area contributed by atoms with Crippen molar-refractivity contribution in [2.24, 2.45) is 5.92 Å². The van der Waals surface area contributed by atoms with Gasteiger partial charge in [-0.25, -0.2) is 17.9 Å². The molecular weight excluding hydrogens is 316 g/mol. The lowest BCUT2D eigenvalue weighted by Gasteiger charge is -2.18. The average Bonchev–Trinajstić information content (AvgIpc) is 3.18. The summed E-state index contributed by atoms with van der Waals surface area (Å²) in [5.74, 6) is -0.646. The Balaban J connectivity index is 1.84. The lowest BCUT2D eigenvalue weighted by molar-refractivity contribution is 0.0691. The summed E-state index contributed by atoms with van der Waals surface area (Å²) >= 11 is 0. The Kier molecular flexibility index (Phi) is 4.23. The lowest BCUT2D eigenvalue weighted by Crippen LogP contribution is -2.28. The third kappa shape index (κ3) is 3.80. The number of carboxylic acids is 1. The standard InChI is InChI=1S/C16H18N2O4S/c19-16(20)15-9-13(10-17-15)23(21,22)18-14(8-11-6-7-11)12-4-2-1-3-5-12/h1-5,9-11,14,17-18H,6-8H2,(H,19,20). The van der Waals surface area contributed by atoms with Gasteiger partial charge in [-0.05, 0) is 24.0 Å². The molecule has 6 nitrogen and oxygen atoms in total. The number of aromatic nitrogens is 1. The van der Waals surface area contributed by atoms with Crippen LogP contribution in [0.1, 0.15) is 41.4 Å². The Hall–Kier alpha value is -2.12. The molecule has 2 aromatic rings. The second kappa shape index (κ2) is 6.17. The molecule has 1 fully saturated rings. The minimum atomic E-state index is -3.78. The van der Waals surface area contributed by atoms with Crippen molar-refractivity contribution in [1.29, 1.82) is 0 Å². The molecule has 1 aliphatic rings. The van der Waals surface area contributed by atoms with E-state index in [1.165, 1.54) is 6.20 Å². The van der Waals surface area contributed by atoms with Crippen LogP contribution in [0.3, 0.4) is 0 Å². The normalized spacial score (nSPS) is 16.2. The highest BCUT2D eigenvalue weighted by molar-refractivity contribution is 7.89. The van der Waals surface area contributed by atoms with E-state index < -0.39 is 16.0 Å². The van der Waals surface area contributed by atoms with Gasteiger partial charge in [0.2, 0.25) is 10.0 Å². The van der Waals surface area contributed by atoms with Crippen LogP contribution in [0.2, 0.25) is 0 Å². The monoisotopic (exact) mass is 334 g/mol. The van der Waals surface area contributed by atoms with Crippen LogP contribution in [-0.2, 0) is 10.0 Å². The first-order chi connectivity index (χ1) is 11.0. The number of carboxylic acid groups (broad SMARTS) is 1. The Bertz CT molecular complexity index is 794. The molecule has 122 valence electrons. The molecule has 3 N–H and O–H groups in total. The van der Waals surface area contributed by atoms with Gasteiger partial charge in [0, 0.05) is 12.2 Å². The fourth-order valence-corrected chi connectivity index (χ4v) is 3.76. The van der Waals surface area contributed by atoms with Crippen LogP contribution in [0.25, 0.3) is 0 Å². The van der Waals surface area contributed by atoms with Gasteiger partial charge < -0.3 is 10.1 Å². The van der Waals surface area contributed by atoms with Crippen LogP contribution in [-0.4, -0.2) is 24.5 Å². The maximum atomic E-state index is 12.5. The molecule has 23 heavy (non-hydrogen) atoms. The highest BCUT2D eigenvalue weighted by Crippen LogP contribution is 2.38. The zero-order valence-electron chi connectivity index (χ0n) is 12.4. The first-order valence-corrected chi connectivity index (χ1v) is 8.93. The second-order valence-corrected chi connectivity index (χ2v) is 7.53. The van der Waals surface area contributed by atoms with Crippen LogP contribution in [0.4, 0.5) is 0 Å². The number of benzene rings is 1. The van der Waals surface area contributed by atoms with Gasteiger partial charge in [-0.2, -0.15) is 0 Å². The van der Waals surface area contributed by atoms with E-state index in [1.54, 1.807) is 0 Å². The molecule has 0 spiro atoms. The number of rotatable bonds is 7. The molecule has 3 rings (SSSR count). The number of sulfonamides is 1. The molecule has 1 atom stereocenters. The summed E-state index contributed by atoms with van der Waals surface area (Å²) in [5.41, 5.74) is 0.765. The third-order valence-corrected chi connectivity index (χ3v) is 5.41. The zero-order chi connectivity index (χ0) is 16.4. The van der Waals surface area contributed by atoms with Crippen molar-refractivity contribution in [3.05, 3.63) is 53.9 Å². The molecule has 0 saturated heterocycles. The number of aromatic amines is 1. The summed E-state index contributed by atoms with van der Waals surface area (Å²) in [7, 11) is -3.78. The maximum absolute atomic E-state index is 12.5. The van der Waals surface area contributed by atoms with E-state index in [4.69, 9.17) is 5.11 Å². The Labute approximate surface area is 134 Å². The summed E-state index contributed by atoms with van der Waals surface area (Å²) in [4.78, 5) is 13.3. The average molecular weight is 334 g/mol. The molecular formula is C16H18N2O4S. The predicted octanol–water partition coefficient (Wildman–Crippen LogP) is 2.53. The van der Waals surface area contributed by atoms with Gasteiger partial charge in [0.15, 0.2) is 0 Å². The molecule has 0 amide bonds. The molecule has 0 radical (unpaired) electrons. The molecule has 1 unspecified atom stereocenters. The van der Waals surface area contributed by atoms with Gasteiger partial charge in [0.05, 0.1) is 0 Å².